The predicted molar refractivity (Wildman–Crippen MR) is 88.9 cm³/mol. The van der Waals surface area contributed by atoms with Gasteiger partial charge in [-0.2, -0.15) is 0 Å². The maximum atomic E-state index is 12.1. The van der Waals surface area contributed by atoms with Gasteiger partial charge >= 0.3 is 0 Å². The monoisotopic (exact) mass is 305 g/mol. The molecule has 0 fully saturated rings. The van der Waals surface area contributed by atoms with Gasteiger partial charge in [-0.05, 0) is 52.0 Å². The predicted octanol–water partition coefficient (Wildman–Crippen LogP) is 3.78. The third kappa shape index (κ3) is 7.07. The molecular formula is C16H35NO2S. The molecule has 122 valence electrons. The fraction of sp³-hybridized carbons (Fsp3) is 1.00. The maximum Gasteiger partial charge on any atom is 0.155 e. The summed E-state index contributed by atoms with van der Waals surface area (Å²) in [5, 5.41) is 3.59. The fourth-order valence-electron chi connectivity index (χ4n) is 2.11. The van der Waals surface area contributed by atoms with Gasteiger partial charge in [-0.3, -0.25) is 0 Å². The zero-order valence-corrected chi connectivity index (χ0v) is 15.4. The van der Waals surface area contributed by atoms with Crippen LogP contribution in [-0.4, -0.2) is 31.5 Å². The summed E-state index contributed by atoms with van der Waals surface area (Å²) >= 11 is 0. The van der Waals surface area contributed by atoms with Gasteiger partial charge in [0.05, 0.1) is 10.5 Å². The van der Waals surface area contributed by atoms with Crippen LogP contribution < -0.4 is 5.32 Å². The fourth-order valence-corrected chi connectivity index (χ4v) is 3.30. The lowest BCUT2D eigenvalue weighted by atomic mass is 9.83. The third-order valence-electron chi connectivity index (χ3n) is 3.78. The van der Waals surface area contributed by atoms with Crippen molar-refractivity contribution < 1.29 is 8.42 Å². The molecule has 0 aliphatic carbocycles. The zero-order chi connectivity index (χ0) is 16.0. The Balaban J connectivity index is 4.27. The third-order valence-corrected chi connectivity index (χ3v) is 6.47. The summed E-state index contributed by atoms with van der Waals surface area (Å²) in [6.07, 6.45) is 3.90. The Morgan fingerprint density at radius 1 is 1.00 bits per heavy atom. The van der Waals surface area contributed by atoms with Crippen LogP contribution in [0.5, 0.6) is 0 Å². The van der Waals surface area contributed by atoms with Crippen LogP contribution in [0.4, 0.5) is 0 Å². The molecule has 0 amide bonds. The Morgan fingerprint density at radius 3 is 1.95 bits per heavy atom. The number of nitrogens with one attached hydrogen (secondary N) is 1. The molecule has 3 nitrogen and oxygen atoms in total. The van der Waals surface area contributed by atoms with Crippen LogP contribution in [0.2, 0.25) is 0 Å². The van der Waals surface area contributed by atoms with E-state index < -0.39 is 14.6 Å². The largest absolute Gasteiger partial charge is 0.313 e. The first-order valence-corrected chi connectivity index (χ1v) is 9.52. The highest BCUT2D eigenvalue weighted by Crippen LogP contribution is 2.24. The van der Waals surface area contributed by atoms with Crippen LogP contribution in [0.15, 0.2) is 0 Å². The summed E-state index contributed by atoms with van der Waals surface area (Å²) in [5.41, 5.74) is 0.220. The molecule has 0 aromatic heterocycles. The molecule has 1 atom stereocenters. The van der Waals surface area contributed by atoms with Gasteiger partial charge in [0.15, 0.2) is 9.84 Å². The zero-order valence-electron chi connectivity index (χ0n) is 14.5. The normalized spacial score (nSPS) is 15.3. The lowest BCUT2D eigenvalue weighted by Crippen LogP contribution is -2.40. The van der Waals surface area contributed by atoms with Gasteiger partial charge in [0.1, 0.15) is 0 Å². The van der Waals surface area contributed by atoms with Gasteiger partial charge in [-0.15, -0.1) is 0 Å². The maximum absolute atomic E-state index is 12.1. The molecule has 0 aliphatic heterocycles. The molecule has 0 saturated carbocycles. The molecule has 0 aromatic carbocycles. The van der Waals surface area contributed by atoms with Crippen molar-refractivity contribution >= 4 is 9.84 Å². The average molecular weight is 306 g/mol. The van der Waals surface area contributed by atoms with Crippen LogP contribution in [0.25, 0.3) is 0 Å². The summed E-state index contributed by atoms with van der Waals surface area (Å²) in [4.78, 5) is 0. The number of hydrogen-bond acceptors (Lipinski definition) is 3. The van der Waals surface area contributed by atoms with Crippen molar-refractivity contribution in [3.63, 3.8) is 0 Å². The Bertz CT molecular complexity index is 361. The van der Waals surface area contributed by atoms with Crippen molar-refractivity contribution in [2.75, 3.05) is 12.3 Å². The lowest BCUT2D eigenvalue weighted by Gasteiger charge is -2.32. The van der Waals surface area contributed by atoms with Crippen molar-refractivity contribution in [2.24, 2.45) is 5.41 Å². The first-order valence-electron chi connectivity index (χ1n) is 7.87. The first-order chi connectivity index (χ1) is 8.92. The van der Waals surface area contributed by atoms with Crippen molar-refractivity contribution in [3.05, 3.63) is 0 Å². The Labute approximate surface area is 126 Å². The molecule has 0 radical (unpaired) electrons. The number of sulfone groups is 1. The molecule has 1 unspecified atom stereocenters. The highest BCUT2D eigenvalue weighted by Gasteiger charge is 2.28. The van der Waals surface area contributed by atoms with E-state index in [4.69, 9.17) is 0 Å². The lowest BCUT2D eigenvalue weighted by molar-refractivity contribution is 0.251. The summed E-state index contributed by atoms with van der Waals surface area (Å²) in [6, 6.07) is 0.458. The Kier molecular flexibility index (Phi) is 7.75. The van der Waals surface area contributed by atoms with E-state index in [0.717, 1.165) is 32.2 Å². The number of unbranched alkanes of at least 4 members (excludes halogenated alkanes) is 1. The van der Waals surface area contributed by atoms with Gasteiger partial charge in [-0.25, -0.2) is 8.42 Å². The topological polar surface area (TPSA) is 46.2 Å². The highest BCUT2D eigenvalue weighted by molar-refractivity contribution is 7.92. The Hall–Kier alpha value is -0.0900. The van der Waals surface area contributed by atoms with Gasteiger partial charge in [-0.1, -0.05) is 34.1 Å². The van der Waals surface area contributed by atoms with Crippen molar-refractivity contribution in [3.8, 4) is 0 Å². The molecule has 0 aromatic rings. The molecule has 20 heavy (non-hydrogen) atoms. The van der Waals surface area contributed by atoms with E-state index in [1.54, 1.807) is 20.8 Å². The second-order valence-electron chi connectivity index (χ2n) is 7.80. The van der Waals surface area contributed by atoms with E-state index in [1.165, 1.54) is 0 Å². The van der Waals surface area contributed by atoms with Crippen LogP contribution in [0.3, 0.4) is 0 Å². The van der Waals surface area contributed by atoms with Gasteiger partial charge < -0.3 is 5.32 Å². The van der Waals surface area contributed by atoms with Crippen LogP contribution in [-0.2, 0) is 9.84 Å². The smallest absolute Gasteiger partial charge is 0.155 e. The number of rotatable bonds is 8. The SMILES string of the molecule is CCCNC(CCCCS(=O)(=O)C(C)(C)C)C(C)(C)C. The molecule has 1 N–H and O–H groups in total. The van der Waals surface area contributed by atoms with Crippen molar-refractivity contribution in [2.45, 2.75) is 84.9 Å². The standard InChI is InChI=1S/C16H35NO2S/c1-8-12-17-14(15(2,3)4)11-9-10-13-20(18,19)16(5,6)7/h14,17H,8-13H2,1-7H3. The summed E-state index contributed by atoms with van der Waals surface area (Å²) in [7, 11) is -2.97. The molecule has 4 heteroatoms. The minimum Gasteiger partial charge on any atom is -0.313 e. The molecular weight excluding hydrogens is 270 g/mol. The van der Waals surface area contributed by atoms with Gasteiger partial charge in [0.25, 0.3) is 0 Å². The van der Waals surface area contributed by atoms with E-state index in [2.05, 4.69) is 33.0 Å². The minimum absolute atomic E-state index is 0.220. The van der Waals surface area contributed by atoms with Crippen LogP contribution in [0.1, 0.15) is 74.1 Å². The Morgan fingerprint density at radius 2 is 1.55 bits per heavy atom. The van der Waals surface area contributed by atoms with E-state index in [-0.39, 0.29) is 5.41 Å². The van der Waals surface area contributed by atoms with E-state index in [9.17, 15) is 8.42 Å². The van der Waals surface area contributed by atoms with Crippen LogP contribution >= 0.6 is 0 Å². The van der Waals surface area contributed by atoms with E-state index >= 15 is 0 Å². The minimum atomic E-state index is -2.97. The van der Waals surface area contributed by atoms with Crippen molar-refractivity contribution in [1.82, 2.24) is 5.32 Å². The summed E-state index contributed by atoms with van der Waals surface area (Å²) in [6.45, 7) is 15.3. The molecule has 0 heterocycles. The molecule has 0 bridgehead atoms. The molecule has 0 saturated heterocycles. The number of hydrogen-bond donors (Lipinski definition) is 1. The van der Waals surface area contributed by atoms with Crippen molar-refractivity contribution in [1.29, 1.82) is 0 Å². The summed E-state index contributed by atoms with van der Waals surface area (Å²) in [5.74, 6) is 0.307. The molecule has 0 rings (SSSR count). The second-order valence-corrected chi connectivity index (χ2v) is 10.7. The summed E-state index contributed by atoms with van der Waals surface area (Å²) < 4.78 is 23.5. The van der Waals surface area contributed by atoms with E-state index in [0.29, 0.717) is 11.8 Å². The van der Waals surface area contributed by atoms with Gasteiger partial charge in [0, 0.05) is 6.04 Å². The molecule has 0 spiro atoms. The second kappa shape index (κ2) is 7.79. The quantitative estimate of drug-likeness (QED) is 0.694. The highest BCUT2D eigenvalue weighted by atomic mass is 32.2. The van der Waals surface area contributed by atoms with Crippen LogP contribution in [0, 0.1) is 5.41 Å². The van der Waals surface area contributed by atoms with Gasteiger partial charge in [0.2, 0.25) is 0 Å². The first kappa shape index (κ1) is 19.9. The molecule has 0 aliphatic rings. The van der Waals surface area contributed by atoms with E-state index in [1.807, 2.05) is 0 Å². The average Bonchev–Trinajstić information content (AvgIpc) is 2.24.